The van der Waals surface area contributed by atoms with E-state index in [0.717, 1.165) is 35.5 Å². The van der Waals surface area contributed by atoms with Crippen molar-refractivity contribution in [1.29, 1.82) is 0 Å². The number of rotatable bonds is 14. The van der Waals surface area contributed by atoms with Gasteiger partial charge in [-0.25, -0.2) is 0 Å². The van der Waals surface area contributed by atoms with E-state index in [1.807, 2.05) is 0 Å². The second kappa shape index (κ2) is 13.3. The molecule has 0 saturated heterocycles. The summed E-state index contributed by atoms with van der Waals surface area (Å²) in [5.74, 6) is 5.50. The smallest absolute Gasteiger partial charge is 0.0391 e. The Labute approximate surface area is 149 Å². The molecule has 5 unspecified atom stereocenters. The SMILES string of the molecule is CCC(C)CC(CC)CCC(C)C(CC)CCC(C)CC(C)C. The molecule has 0 aliphatic heterocycles. The Kier molecular flexibility index (Phi) is 13.3. The van der Waals surface area contributed by atoms with Gasteiger partial charge in [0.25, 0.3) is 0 Å². The van der Waals surface area contributed by atoms with Gasteiger partial charge in [0.1, 0.15) is 0 Å². The van der Waals surface area contributed by atoms with Crippen molar-refractivity contribution in [3.05, 3.63) is 0 Å². The summed E-state index contributed by atoms with van der Waals surface area (Å²) in [7, 11) is 0. The monoisotopic (exact) mass is 324 g/mol. The van der Waals surface area contributed by atoms with E-state index in [9.17, 15) is 0 Å². The van der Waals surface area contributed by atoms with Crippen molar-refractivity contribution < 1.29 is 0 Å². The molecule has 0 rings (SSSR count). The first-order chi connectivity index (χ1) is 10.8. The molecule has 0 spiro atoms. The number of hydrogen-bond donors (Lipinski definition) is 0. The summed E-state index contributed by atoms with van der Waals surface area (Å²) < 4.78 is 0. The largest absolute Gasteiger partial charge is 0.0651 e. The Morgan fingerprint density at radius 3 is 1.70 bits per heavy atom. The molecule has 0 saturated carbocycles. The van der Waals surface area contributed by atoms with Crippen LogP contribution in [0.25, 0.3) is 0 Å². The van der Waals surface area contributed by atoms with Crippen molar-refractivity contribution >= 4 is 0 Å². The first-order valence-corrected chi connectivity index (χ1v) is 10.8. The molecule has 0 bridgehead atoms. The van der Waals surface area contributed by atoms with Crippen LogP contribution in [0.4, 0.5) is 0 Å². The van der Waals surface area contributed by atoms with E-state index in [1.165, 1.54) is 57.8 Å². The highest BCUT2D eigenvalue weighted by atomic mass is 14.2. The average Bonchev–Trinajstić information content (AvgIpc) is 2.50. The van der Waals surface area contributed by atoms with Gasteiger partial charge in [0.05, 0.1) is 0 Å². The van der Waals surface area contributed by atoms with Crippen molar-refractivity contribution in [2.45, 2.75) is 113 Å². The van der Waals surface area contributed by atoms with Crippen LogP contribution in [-0.2, 0) is 0 Å². The van der Waals surface area contributed by atoms with Gasteiger partial charge in [0, 0.05) is 0 Å². The van der Waals surface area contributed by atoms with E-state index >= 15 is 0 Å². The molecule has 140 valence electrons. The van der Waals surface area contributed by atoms with E-state index in [-0.39, 0.29) is 0 Å². The quantitative estimate of drug-likeness (QED) is 0.301. The van der Waals surface area contributed by atoms with Crippen LogP contribution in [0.1, 0.15) is 113 Å². The molecular formula is C23H48. The van der Waals surface area contributed by atoms with Gasteiger partial charge >= 0.3 is 0 Å². The summed E-state index contributed by atoms with van der Waals surface area (Å²) >= 11 is 0. The summed E-state index contributed by atoms with van der Waals surface area (Å²) in [5.41, 5.74) is 0. The third-order valence-corrected chi connectivity index (χ3v) is 6.27. The summed E-state index contributed by atoms with van der Waals surface area (Å²) in [5, 5.41) is 0. The molecule has 0 radical (unpaired) electrons. The van der Waals surface area contributed by atoms with Gasteiger partial charge in [-0.2, -0.15) is 0 Å². The Balaban J connectivity index is 4.19. The summed E-state index contributed by atoms with van der Waals surface area (Å²) in [6.07, 6.45) is 12.7. The minimum atomic E-state index is 0.855. The molecule has 0 N–H and O–H groups in total. The lowest BCUT2D eigenvalue weighted by atomic mass is 9.79. The maximum Gasteiger partial charge on any atom is -0.0391 e. The van der Waals surface area contributed by atoms with Crippen molar-refractivity contribution in [3.8, 4) is 0 Å². The average molecular weight is 325 g/mol. The Morgan fingerprint density at radius 1 is 0.565 bits per heavy atom. The summed E-state index contributed by atoms with van der Waals surface area (Å²) in [4.78, 5) is 0. The Hall–Kier alpha value is 0. The first-order valence-electron chi connectivity index (χ1n) is 10.8. The molecule has 0 aromatic carbocycles. The highest BCUT2D eigenvalue weighted by Gasteiger charge is 2.19. The van der Waals surface area contributed by atoms with Crippen LogP contribution < -0.4 is 0 Å². The van der Waals surface area contributed by atoms with Gasteiger partial charge in [-0.05, 0) is 54.8 Å². The third kappa shape index (κ3) is 11.2. The normalized spacial score (nSPS) is 18.7. The van der Waals surface area contributed by atoms with Crippen LogP contribution in [0.3, 0.4) is 0 Å². The van der Waals surface area contributed by atoms with Crippen LogP contribution in [-0.4, -0.2) is 0 Å². The van der Waals surface area contributed by atoms with Crippen molar-refractivity contribution in [2.75, 3.05) is 0 Å². The molecular weight excluding hydrogens is 276 g/mol. The van der Waals surface area contributed by atoms with Gasteiger partial charge in [-0.3, -0.25) is 0 Å². The lowest BCUT2D eigenvalue weighted by Gasteiger charge is -2.27. The third-order valence-electron chi connectivity index (χ3n) is 6.27. The van der Waals surface area contributed by atoms with Gasteiger partial charge in [-0.15, -0.1) is 0 Å². The van der Waals surface area contributed by atoms with Crippen molar-refractivity contribution in [1.82, 2.24) is 0 Å². The fraction of sp³-hybridized carbons (Fsp3) is 1.00. The molecule has 23 heavy (non-hydrogen) atoms. The van der Waals surface area contributed by atoms with E-state index in [0.29, 0.717) is 0 Å². The van der Waals surface area contributed by atoms with Crippen LogP contribution in [0.5, 0.6) is 0 Å². The van der Waals surface area contributed by atoms with Crippen molar-refractivity contribution in [3.63, 3.8) is 0 Å². The molecule has 0 aromatic rings. The van der Waals surface area contributed by atoms with E-state index in [2.05, 4.69) is 55.4 Å². The summed E-state index contributed by atoms with van der Waals surface area (Å²) in [6, 6.07) is 0. The second-order valence-electron chi connectivity index (χ2n) is 9.06. The topological polar surface area (TPSA) is 0 Å². The molecule has 0 aromatic heterocycles. The number of hydrogen-bond acceptors (Lipinski definition) is 0. The zero-order valence-electron chi connectivity index (χ0n) is 17.8. The Morgan fingerprint density at radius 2 is 1.22 bits per heavy atom. The predicted molar refractivity (Wildman–Crippen MR) is 108 cm³/mol. The first kappa shape index (κ1) is 23.0. The van der Waals surface area contributed by atoms with E-state index in [4.69, 9.17) is 0 Å². The fourth-order valence-corrected chi connectivity index (χ4v) is 4.27. The maximum absolute atomic E-state index is 2.53. The van der Waals surface area contributed by atoms with Gasteiger partial charge in [0.15, 0.2) is 0 Å². The fourth-order valence-electron chi connectivity index (χ4n) is 4.27. The van der Waals surface area contributed by atoms with Gasteiger partial charge < -0.3 is 0 Å². The highest BCUT2D eigenvalue weighted by Crippen LogP contribution is 2.31. The molecule has 0 heterocycles. The lowest BCUT2D eigenvalue weighted by Crippen LogP contribution is -2.15. The Bertz CT molecular complexity index is 255. The summed E-state index contributed by atoms with van der Waals surface area (Å²) in [6.45, 7) is 19.3. The zero-order valence-corrected chi connectivity index (χ0v) is 17.8. The minimum Gasteiger partial charge on any atom is -0.0651 e. The van der Waals surface area contributed by atoms with Crippen LogP contribution >= 0.6 is 0 Å². The van der Waals surface area contributed by atoms with Gasteiger partial charge in [0.2, 0.25) is 0 Å². The van der Waals surface area contributed by atoms with Gasteiger partial charge in [-0.1, -0.05) is 93.9 Å². The molecule has 0 aliphatic rings. The predicted octanol–water partition coefficient (Wildman–Crippen LogP) is 8.35. The highest BCUT2D eigenvalue weighted by molar-refractivity contribution is 4.70. The molecule has 0 amide bonds. The molecule has 0 aliphatic carbocycles. The maximum atomic E-state index is 2.53. The van der Waals surface area contributed by atoms with Crippen LogP contribution in [0, 0.1) is 35.5 Å². The molecule has 0 nitrogen and oxygen atoms in total. The zero-order chi connectivity index (χ0) is 17.8. The van der Waals surface area contributed by atoms with E-state index in [1.54, 1.807) is 0 Å². The van der Waals surface area contributed by atoms with Crippen molar-refractivity contribution in [2.24, 2.45) is 35.5 Å². The second-order valence-corrected chi connectivity index (χ2v) is 9.06. The molecule has 0 heteroatoms. The van der Waals surface area contributed by atoms with Crippen LogP contribution in [0.2, 0.25) is 0 Å². The van der Waals surface area contributed by atoms with Crippen LogP contribution in [0.15, 0.2) is 0 Å². The standard InChI is InChI=1S/C23H48/c1-9-19(6)17-22(10-2)14-13-21(8)23(11-3)15-12-20(7)16-18(4)5/h18-23H,9-17H2,1-8H3. The molecule has 5 atom stereocenters. The lowest BCUT2D eigenvalue weighted by molar-refractivity contribution is 0.248. The van der Waals surface area contributed by atoms with E-state index < -0.39 is 0 Å². The minimum absolute atomic E-state index is 0.855. The molecule has 0 fully saturated rings.